The van der Waals surface area contributed by atoms with Gasteiger partial charge >= 0.3 is 13.3 Å². The summed E-state index contributed by atoms with van der Waals surface area (Å²) in [5.41, 5.74) is -3.04. The molecule has 1 atom stereocenters. The van der Waals surface area contributed by atoms with E-state index in [9.17, 15) is 13.3 Å². The SMILES string of the molecule is CC(SC/C=C\c1ccccc1)c1ccc(C(F)(F)P(=O)(O)O)c(Br)c1. The quantitative estimate of drug-likeness (QED) is 0.482. The van der Waals surface area contributed by atoms with Crippen LogP contribution in [-0.2, 0) is 10.2 Å². The zero-order valence-corrected chi connectivity index (χ0v) is 17.1. The van der Waals surface area contributed by atoms with Crippen LogP contribution in [0.25, 0.3) is 6.08 Å². The molecule has 0 aliphatic rings. The van der Waals surface area contributed by atoms with Gasteiger partial charge in [0.2, 0.25) is 0 Å². The van der Waals surface area contributed by atoms with Crippen molar-refractivity contribution in [2.45, 2.75) is 17.8 Å². The molecule has 0 aliphatic carbocycles. The molecule has 3 nitrogen and oxygen atoms in total. The van der Waals surface area contributed by atoms with E-state index in [2.05, 4.69) is 15.9 Å². The lowest BCUT2D eigenvalue weighted by Gasteiger charge is -2.20. The lowest BCUT2D eigenvalue weighted by Crippen LogP contribution is -2.14. The molecule has 0 spiro atoms. The van der Waals surface area contributed by atoms with E-state index in [-0.39, 0.29) is 9.72 Å². The molecule has 1 unspecified atom stereocenters. The first-order chi connectivity index (χ1) is 12.1. The van der Waals surface area contributed by atoms with Gasteiger partial charge in [-0.2, -0.15) is 8.78 Å². The van der Waals surface area contributed by atoms with Crippen LogP contribution in [0.15, 0.2) is 59.1 Å². The lowest BCUT2D eigenvalue weighted by atomic mass is 10.1. The predicted octanol–water partition coefficient (Wildman–Crippen LogP) is 6.18. The van der Waals surface area contributed by atoms with E-state index in [0.717, 1.165) is 22.9 Å². The average molecular weight is 463 g/mol. The number of alkyl halides is 2. The molecule has 2 aromatic rings. The number of benzene rings is 2. The fourth-order valence-corrected chi connectivity index (χ4v) is 4.37. The van der Waals surface area contributed by atoms with Gasteiger partial charge in [-0.1, -0.05) is 70.5 Å². The Balaban J connectivity index is 2.04. The summed E-state index contributed by atoms with van der Waals surface area (Å²) in [5.74, 6) is 0.744. The van der Waals surface area contributed by atoms with Crippen LogP contribution in [0.2, 0.25) is 0 Å². The zero-order valence-electron chi connectivity index (χ0n) is 13.8. The van der Waals surface area contributed by atoms with E-state index < -0.39 is 18.8 Å². The third kappa shape index (κ3) is 5.27. The molecule has 2 rings (SSSR count). The highest BCUT2D eigenvalue weighted by Crippen LogP contribution is 2.60. The van der Waals surface area contributed by atoms with Crippen molar-refractivity contribution in [2.24, 2.45) is 0 Å². The van der Waals surface area contributed by atoms with Crippen molar-refractivity contribution in [3.8, 4) is 0 Å². The Kier molecular flexibility index (Phi) is 7.22. The van der Waals surface area contributed by atoms with Crippen molar-refractivity contribution in [3.63, 3.8) is 0 Å². The van der Waals surface area contributed by atoms with Crippen LogP contribution in [0.5, 0.6) is 0 Å². The van der Waals surface area contributed by atoms with Crippen LogP contribution in [0.3, 0.4) is 0 Å². The van der Waals surface area contributed by atoms with Gasteiger partial charge in [0.05, 0.1) is 0 Å². The highest BCUT2D eigenvalue weighted by molar-refractivity contribution is 9.10. The predicted molar refractivity (Wildman–Crippen MR) is 106 cm³/mol. The molecule has 2 aromatic carbocycles. The van der Waals surface area contributed by atoms with E-state index in [0.29, 0.717) is 0 Å². The minimum atomic E-state index is -5.59. The Morgan fingerprint density at radius 1 is 1.23 bits per heavy atom. The van der Waals surface area contributed by atoms with Crippen molar-refractivity contribution < 1.29 is 23.1 Å². The number of hydrogen-bond acceptors (Lipinski definition) is 2. The van der Waals surface area contributed by atoms with E-state index >= 15 is 0 Å². The number of halogens is 3. The molecule has 0 aliphatic heterocycles. The molecule has 0 radical (unpaired) electrons. The molecule has 0 aromatic heterocycles. The van der Waals surface area contributed by atoms with Gasteiger partial charge in [-0.05, 0) is 24.1 Å². The average Bonchev–Trinajstić information content (AvgIpc) is 2.58. The monoisotopic (exact) mass is 462 g/mol. The second-order valence-corrected chi connectivity index (χ2v) is 9.49. The lowest BCUT2D eigenvalue weighted by molar-refractivity contribution is 0.0557. The molecular formula is C18H18BrF2O3PS. The maximum Gasteiger partial charge on any atom is 0.399 e. The fraction of sp³-hybridized carbons (Fsp3) is 0.222. The highest BCUT2D eigenvalue weighted by atomic mass is 79.9. The Labute approximate surface area is 163 Å². The second kappa shape index (κ2) is 8.81. The number of hydrogen-bond donors (Lipinski definition) is 2. The molecular weight excluding hydrogens is 445 g/mol. The maximum atomic E-state index is 13.9. The van der Waals surface area contributed by atoms with Crippen molar-refractivity contribution in [3.05, 3.63) is 75.8 Å². The number of thioether (sulfide) groups is 1. The van der Waals surface area contributed by atoms with Gasteiger partial charge in [0.15, 0.2) is 0 Å². The first-order valence-corrected chi connectivity index (χ1v) is 11.1. The van der Waals surface area contributed by atoms with Crippen LogP contribution in [-0.4, -0.2) is 15.5 Å². The largest absolute Gasteiger partial charge is 0.399 e. The molecule has 8 heteroatoms. The van der Waals surface area contributed by atoms with Gasteiger partial charge in [-0.3, -0.25) is 4.57 Å². The van der Waals surface area contributed by atoms with Gasteiger partial charge in [0.1, 0.15) is 0 Å². The molecule has 0 amide bonds. The van der Waals surface area contributed by atoms with Crippen molar-refractivity contribution in [2.75, 3.05) is 5.75 Å². The van der Waals surface area contributed by atoms with E-state index in [1.807, 2.05) is 49.4 Å². The summed E-state index contributed by atoms with van der Waals surface area (Å²) in [5, 5.41) is 0.0319. The van der Waals surface area contributed by atoms with Gasteiger partial charge < -0.3 is 9.79 Å². The first-order valence-electron chi connectivity index (χ1n) is 7.69. The highest BCUT2D eigenvalue weighted by Gasteiger charge is 2.51. The molecule has 0 saturated carbocycles. The van der Waals surface area contributed by atoms with Gasteiger partial charge in [-0.25, -0.2) is 0 Å². The molecule has 2 N–H and O–H groups in total. The number of rotatable bonds is 7. The first kappa shape index (κ1) is 21.3. The van der Waals surface area contributed by atoms with Crippen molar-refractivity contribution in [1.29, 1.82) is 0 Å². The molecule has 140 valence electrons. The molecule has 0 bridgehead atoms. The van der Waals surface area contributed by atoms with Crippen LogP contribution >= 0.6 is 35.3 Å². The van der Waals surface area contributed by atoms with Gasteiger partial charge in [-0.15, -0.1) is 11.8 Å². The topological polar surface area (TPSA) is 57.5 Å². The summed E-state index contributed by atoms with van der Waals surface area (Å²) in [4.78, 5) is 17.7. The van der Waals surface area contributed by atoms with Crippen molar-refractivity contribution >= 4 is 41.4 Å². The molecule has 0 heterocycles. The standard InChI is InChI=1S/C18H18BrF2O3PS/c1-13(26-11-5-8-14-6-3-2-4-7-14)15-9-10-16(17(19)12-15)18(20,21)25(22,23)24/h2-10,12-13H,11H2,1H3,(H2,22,23,24)/b8-5-. The third-order valence-electron chi connectivity index (χ3n) is 3.70. The van der Waals surface area contributed by atoms with Crippen LogP contribution < -0.4 is 0 Å². The van der Waals surface area contributed by atoms with E-state index in [1.165, 1.54) is 12.1 Å². The normalized spacial score (nSPS) is 13.9. The third-order valence-corrected chi connectivity index (χ3v) is 6.49. The Hall–Kier alpha value is -0.980. The minimum absolute atomic E-state index is 0.0180. The van der Waals surface area contributed by atoms with E-state index in [4.69, 9.17) is 9.79 Å². The summed E-state index contributed by atoms with van der Waals surface area (Å²) in [7, 11) is -5.59. The summed E-state index contributed by atoms with van der Waals surface area (Å²) in [6, 6.07) is 13.9. The summed E-state index contributed by atoms with van der Waals surface area (Å²) in [6.45, 7) is 1.95. The zero-order chi connectivity index (χ0) is 19.4. The van der Waals surface area contributed by atoms with Crippen LogP contribution in [0, 0.1) is 0 Å². The smallest absolute Gasteiger partial charge is 0.320 e. The summed E-state index contributed by atoms with van der Waals surface area (Å²) in [6.07, 6.45) is 4.04. The summed E-state index contributed by atoms with van der Waals surface area (Å²) < 4.78 is 38.7. The Morgan fingerprint density at radius 3 is 2.46 bits per heavy atom. The van der Waals surface area contributed by atoms with Crippen LogP contribution in [0.4, 0.5) is 8.78 Å². The van der Waals surface area contributed by atoms with E-state index in [1.54, 1.807) is 11.8 Å². The maximum absolute atomic E-state index is 13.9. The second-order valence-electron chi connectivity index (χ2n) is 5.61. The fourth-order valence-electron chi connectivity index (χ4n) is 2.23. The van der Waals surface area contributed by atoms with Crippen molar-refractivity contribution in [1.82, 2.24) is 0 Å². The molecule has 26 heavy (non-hydrogen) atoms. The van der Waals surface area contributed by atoms with Gasteiger partial charge in [0, 0.05) is 21.0 Å². The Bertz CT molecular complexity index is 824. The summed E-state index contributed by atoms with van der Waals surface area (Å²) >= 11 is 4.64. The molecule has 0 fully saturated rings. The van der Waals surface area contributed by atoms with Crippen LogP contribution in [0.1, 0.15) is 28.9 Å². The Morgan fingerprint density at radius 2 is 1.88 bits per heavy atom. The molecule has 0 saturated heterocycles. The van der Waals surface area contributed by atoms with Gasteiger partial charge in [0.25, 0.3) is 0 Å². The minimum Gasteiger partial charge on any atom is -0.320 e.